The Balaban J connectivity index is 1.72. The number of ether oxygens (including phenoxy) is 1. The number of hydrogen-bond donors (Lipinski definition) is 2. The standard InChI is InChI=1S/C16H8ClF3N4O2S/c17-10-5-8(7-21)1-3-11(10)22-14(25)24-15-23-12-4-2-9(6-13(12)27-15)26-16(18,19)20/h1-6H,(H2,22,23,24,25). The first-order valence-electron chi connectivity index (χ1n) is 7.17. The fourth-order valence-electron chi connectivity index (χ4n) is 2.09. The third kappa shape index (κ3) is 4.78. The van der Waals surface area contributed by atoms with E-state index in [9.17, 15) is 18.0 Å². The zero-order chi connectivity index (χ0) is 19.6. The van der Waals surface area contributed by atoms with Crippen molar-refractivity contribution in [3.8, 4) is 11.8 Å². The zero-order valence-electron chi connectivity index (χ0n) is 13.1. The van der Waals surface area contributed by atoms with E-state index in [0.29, 0.717) is 15.8 Å². The smallest absolute Gasteiger partial charge is 0.406 e. The van der Waals surface area contributed by atoms with Crippen LogP contribution < -0.4 is 15.4 Å². The number of thiazole rings is 1. The summed E-state index contributed by atoms with van der Waals surface area (Å²) in [6.45, 7) is 0. The van der Waals surface area contributed by atoms with Gasteiger partial charge in [0.15, 0.2) is 5.13 Å². The maximum Gasteiger partial charge on any atom is 0.573 e. The van der Waals surface area contributed by atoms with Crippen molar-refractivity contribution >= 4 is 50.0 Å². The number of halogens is 4. The molecular formula is C16H8ClF3N4O2S. The molecule has 2 aromatic carbocycles. The molecule has 0 aliphatic carbocycles. The summed E-state index contributed by atoms with van der Waals surface area (Å²) in [6.07, 6.45) is -4.79. The highest BCUT2D eigenvalue weighted by Gasteiger charge is 2.31. The van der Waals surface area contributed by atoms with Crippen molar-refractivity contribution < 1.29 is 22.7 Å². The molecule has 1 aromatic heterocycles. The Hall–Kier alpha value is -3.03. The van der Waals surface area contributed by atoms with E-state index in [1.165, 1.54) is 30.3 Å². The van der Waals surface area contributed by atoms with Gasteiger partial charge in [-0.05, 0) is 30.3 Å². The number of alkyl halides is 3. The number of nitrogens with zero attached hydrogens (tertiary/aromatic N) is 2. The highest BCUT2D eigenvalue weighted by Crippen LogP contribution is 2.32. The molecule has 2 amide bonds. The van der Waals surface area contributed by atoms with Crippen molar-refractivity contribution in [2.75, 3.05) is 10.6 Å². The second kappa shape index (κ2) is 7.30. The number of hydrogen-bond acceptors (Lipinski definition) is 5. The highest BCUT2D eigenvalue weighted by atomic mass is 35.5. The van der Waals surface area contributed by atoms with Gasteiger partial charge in [-0.1, -0.05) is 22.9 Å². The molecule has 3 aromatic rings. The number of nitriles is 1. The van der Waals surface area contributed by atoms with Crippen molar-refractivity contribution in [2.45, 2.75) is 6.36 Å². The van der Waals surface area contributed by atoms with Crippen molar-refractivity contribution in [1.82, 2.24) is 4.98 Å². The van der Waals surface area contributed by atoms with Gasteiger partial charge in [0.05, 0.1) is 32.6 Å². The molecule has 27 heavy (non-hydrogen) atoms. The molecule has 0 radical (unpaired) electrons. The summed E-state index contributed by atoms with van der Waals surface area (Å²) in [7, 11) is 0. The van der Waals surface area contributed by atoms with Crippen LogP contribution in [0.1, 0.15) is 5.56 Å². The number of rotatable bonds is 3. The van der Waals surface area contributed by atoms with E-state index >= 15 is 0 Å². The second-order valence-electron chi connectivity index (χ2n) is 5.08. The van der Waals surface area contributed by atoms with Crippen LogP contribution in [0.25, 0.3) is 10.2 Å². The third-order valence-corrected chi connectivity index (χ3v) is 4.41. The number of carbonyl (C=O) groups is 1. The zero-order valence-corrected chi connectivity index (χ0v) is 14.7. The molecule has 3 rings (SSSR count). The van der Waals surface area contributed by atoms with Crippen LogP contribution in [0.15, 0.2) is 36.4 Å². The second-order valence-corrected chi connectivity index (χ2v) is 6.52. The molecule has 0 saturated carbocycles. The first-order chi connectivity index (χ1) is 12.7. The van der Waals surface area contributed by atoms with Gasteiger partial charge in [0.25, 0.3) is 0 Å². The van der Waals surface area contributed by atoms with Gasteiger partial charge in [0.2, 0.25) is 0 Å². The summed E-state index contributed by atoms with van der Waals surface area (Å²) < 4.78 is 41.1. The molecule has 1 heterocycles. The van der Waals surface area contributed by atoms with Gasteiger partial charge < -0.3 is 10.1 Å². The van der Waals surface area contributed by atoms with Gasteiger partial charge in [0.1, 0.15) is 5.75 Å². The lowest BCUT2D eigenvalue weighted by Gasteiger charge is -2.07. The van der Waals surface area contributed by atoms with Crippen LogP contribution in [0.3, 0.4) is 0 Å². The number of urea groups is 1. The van der Waals surface area contributed by atoms with Crippen LogP contribution in [0.4, 0.5) is 28.8 Å². The molecule has 138 valence electrons. The molecule has 0 atom stereocenters. The summed E-state index contributed by atoms with van der Waals surface area (Å²) in [5.41, 5.74) is 1.03. The lowest BCUT2D eigenvalue weighted by molar-refractivity contribution is -0.274. The van der Waals surface area contributed by atoms with Crippen molar-refractivity contribution in [2.24, 2.45) is 0 Å². The van der Waals surface area contributed by atoms with Gasteiger partial charge in [-0.15, -0.1) is 13.2 Å². The molecule has 11 heteroatoms. The normalized spacial score (nSPS) is 11.1. The number of amides is 2. The van der Waals surface area contributed by atoms with Gasteiger partial charge in [0, 0.05) is 6.07 Å². The molecule has 0 saturated heterocycles. The average Bonchev–Trinajstić information content (AvgIpc) is 2.96. The van der Waals surface area contributed by atoms with Gasteiger partial charge >= 0.3 is 12.4 Å². The van der Waals surface area contributed by atoms with Crippen LogP contribution in [0.2, 0.25) is 5.02 Å². The van der Waals surface area contributed by atoms with E-state index in [-0.39, 0.29) is 21.6 Å². The Morgan fingerprint density at radius 3 is 2.67 bits per heavy atom. The van der Waals surface area contributed by atoms with E-state index in [0.717, 1.165) is 17.4 Å². The quantitative estimate of drug-likeness (QED) is 0.606. The largest absolute Gasteiger partial charge is 0.573 e. The predicted octanol–water partition coefficient (Wildman–Crippen LogP) is 5.36. The molecule has 0 unspecified atom stereocenters. The Bertz CT molecular complexity index is 1060. The Labute approximate surface area is 159 Å². The number of carbonyl (C=O) groups excluding carboxylic acids is 1. The van der Waals surface area contributed by atoms with E-state index in [1.807, 2.05) is 6.07 Å². The van der Waals surface area contributed by atoms with Gasteiger partial charge in [-0.2, -0.15) is 5.26 Å². The number of aromatic nitrogens is 1. The minimum atomic E-state index is -4.79. The van der Waals surface area contributed by atoms with Crippen molar-refractivity contribution in [1.29, 1.82) is 5.26 Å². The summed E-state index contributed by atoms with van der Waals surface area (Å²) in [5.74, 6) is -0.376. The summed E-state index contributed by atoms with van der Waals surface area (Å²) in [4.78, 5) is 16.2. The predicted molar refractivity (Wildman–Crippen MR) is 95.1 cm³/mol. The van der Waals surface area contributed by atoms with Crippen LogP contribution in [-0.4, -0.2) is 17.4 Å². The molecule has 0 spiro atoms. The molecule has 0 aliphatic rings. The topological polar surface area (TPSA) is 87.0 Å². The monoisotopic (exact) mass is 412 g/mol. The number of nitrogens with one attached hydrogen (secondary N) is 2. The van der Waals surface area contributed by atoms with Crippen molar-refractivity contribution in [3.63, 3.8) is 0 Å². The SMILES string of the molecule is N#Cc1ccc(NC(=O)Nc2nc3ccc(OC(F)(F)F)cc3s2)c(Cl)c1. The molecule has 0 fully saturated rings. The van der Waals surface area contributed by atoms with Crippen LogP contribution >= 0.6 is 22.9 Å². The lowest BCUT2D eigenvalue weighted by Crippen LogP contribution is -2.19. The van der Waals surface area contributed by atoms with E-state index in [2.05, 4.69) is 20.4 Å². The van der Waals surface area contributed by atoms with Crippen molar-refractivity contribution in [3.05, 3.63) is 47.0 Å². The maximum absolute atomic E-state index is 12.3. The number of benzene rings is 2. The molecule has 0 aliphatic heterocycles. The Morgan fingerprint density at radius 2 is 2.00 bits per heavy atom. The first kappa shape index (κ1) is 18.8. The van der Waals surface area contributed by atoms with Crippen LogP contribution in [0, 0.1) is 11.3 Å². The van der Waals surface area contributed by atoms with Crippen LogP contribution in [-0.2, 0) is 0 Å². The average molecular weight is 413 g/mol. The fraction of sp³-hybridized carbons (Fsp3) is 0.0625. The number of anilines is 2. The van der Waals surface area contributed by atoms with Gasteiger partial charge in [-0.3, -0.25) is 5.32 Å². The summed E-state index contributed by atoms with van der Waals surface area (Å²) in [5, 5.41) is 14.1. The fourth-order valence-corrected chi connectivity index (χ4v) is 3.21. The molecule has 0 bridgehead atoms. The minimum Gasteiger partial charge on any atom is -0.406 e. The van der Waals surface area contributed by atoms with Gasteiger partial charge in [-0.25, -0.2) is 9.78 Å². The van der Waals surface area contributed by atoms with E-state index in [1.54, 1.807) is 0 Å². The molecule has 2 N–H and O–H groups in total. The molecule has 6 nitrogen and oxygen atoms in total. The first-order valence-corrected chi connectivity index (χ1v) is 8.37. The van der Waals surface area contributed by atoms with Crippen LogP contribution in [0.5, 0.6) is 5.75 Å². The van der Waals surface area contributed by atoms with E-state index < -0.39 is 12.4 Å². The minimum absolute atomic E-state index is 0.177. The summed E-state index contributed by atoms with van der Waals surface area (Å²) in [6, 6.07) is 9.30. The third-order valence-electron chi connectivity index (χ3n) is 3.16. The Kier molecular flexibility index (Phi) is 5.07. The lowest BCUT2D eigenvalue weighted by atomic mass is 10.2. The maximum atomic E-state index is 12.3. The van der Waals surface area contributed by atoms with E-state index in [4.69, 9.17) is 16.9 Å². The number of fused-ring (bicyclic) bond motifs is 1. The molecular weight excluding hydrogens is 405 g/mol. The summed E-state index contributed by atoms with van der Waals surface area (Å²) >= 11 is 6.96. The Morgan fingerprint density at radius 1 is 1.22 bits per heavy atom. The highest BCUT2D eigenvalue weighted by molar-refractivity contribution is 7.22.